The fourth-order valence-corrected chi connectivity index (χ4v) is 4.73. The molecule has 3 fully saturated rings. The summed E-state index contributed by atoms with van der Waals surface area (Å²) >= 11 is 0. The van der Waals surface area contributed by atoms with Gasteiger partial charge in [0.15, 0.2) is 5.96 Å². The molecule has 1 saturated carbocycles. The van der Waals surface area contributed by atoms with Crippen molar-refractivity contribution in [3.05, 3.63) is 35.4 Å². The number of guanidine groups is 1. The highest BCUT2D eigenvalue weighted by Crippen LogP contribution is 2.41. The topological polar surface area (TPSA) is 40.1 Å². The molecule has 3 unspecified atom stereocenters. The Morgan fingerprint density at radius 3 is 2.57 bits per heavy atom. The fraction of sp³-hybridized carbons (Fsp3) is 0.708. The van der Waals surface area contributed by atoms with Gasteiger partial charge in [-0.15, -0.1) is 24.0 Å². The molecule has 0 bridgehead atoms. The first kappa shape index (κ1) is 23.8. The quantitative estimate of drug-likeness (QED) is 0.347. The zero-order chi connectivity index (χ0) is 20.2. The van der Waals surface area contributed by atoms with Gasteiger partial charge in [0, 0.05) is 51.2 Å². The van der Waals surface area contributed by atoms with Crippen LogP contribution in [0.15, 0.2) is 29.3 Å². The Morgan fingerprint density at radius 2 is 1.90 bits per heavy atom. The van der Waals surface area contributed by atoms with E-state index in [1.807, 2.05) is 0 Å². The fourth-order valence-electron chi connectivity index (χ4n) is 4.73. The van der Waals surface area contributed by atoms with E-state index in [0.717, 1.165) is 57.8 Å². The lowest BCUT2D eigenvalue weighted by atomic mass is 10.0. The van der Waals surface area contributed by atoms with Gasteiger partial charge in [-0.3, -0.25) is 9.89 Å². The average molecular weight is 527 g/mol. The molecule has 1 N–H and O–H groups in total. The number of nitrogens with one attached hydrogen (secondary N) is 1. The van der Waals surface area contributed by atoms with Crippen LogP contribution in [0.25, 0.3) is 0 Å². The van der Waals surface area contributed by atoms with Gasteiger partial charge in [0.2, 0.25) is 0 Å². The van der Waals surface area contributed by atoms with E-state index < -0.39 is 0 Å². The number of benzene rings is 1. The predicted octanol–water partition coefficient (Wildman–Crippen LogP) is 3.90. The van der Waals surface area contributed by atoms with Crippen LogP contribution in [-0.4, -0.2) is 74.3 Å². The minimum atomic E-state index is 0. The summed E-state index contributed by atoms with van der Waals surface area (Å²) in [4.78, 5) is 9.89. The van der Waals surface area contributed by atoms with Crippen LogP contribution in [0.4, 0.5) is 0 Å². The summed E-state index contributed by atoms with van der Waals surface area (Å²) in [5, 5.41) is 3.79. The third kappa shape index (κ3) is 6.10. The lowest BCUT2D eigenvalue weighted by Crippen LogP contribution is -2.43. The van der Waals surface area contributed by atoms with Crippen LogP contribution in [0.1, 0.15) is 56.6 Å². The summed E-state index contributed by atoms with van der Waals surface area (Å²) in [6, 6.07) is 9.78. The van der Waals surface area contributed by atoms with Crippen LogP contribution in [0.2, 0.25) is 0 Å². The van der Waals surface area contributed by atoms with Crippen LogP contribution >= 0.6 is 24.0 Å². The summed E-state index contributed by atoms with van der Waals surface area (Å²) < 4.78 is 5.49. The zero-order valence-corrected chi connectivity index (χ0v) is 21.2. The van der Waals surface area contributed by atoms with Crippen LogP contribution < -0.4 is 5.32 Å². The lowest BCUT2D eigenvalue weighted by molar-refractivity contribution is 0.0315. The Bertz CT molecular complexity index is 687. The lowest BCUT2D eigenvalue weighted by Gasteiger charge is -2.29. The van der Waals surface area contributed by atoms with Crippen molar-refractivity contribution in [2.45, 2.75) is 51.5 Å². The molecule has 2 heterocycles. The second-order valence-electron chi connectivity index (χ2n) is 9.23. The van der Waals surface area contributed by atoms with Crippen molar-refractivity contribution in [3.8, 4) is 0 Å². The summed E-state index contributed by atoms with van der Waals surface area (Å²) in [6.45, 7) is 14.9. The van der Waals surface area contributed by atoms with E-state index in [1.165, 1.54) is 30.5 Å². The molecule has 2 aliphatic heterocycles. The molecule has 168 valence electrons. The van der Waals surface area contributed by atoms with Crippen molar-refractivity contribution in [1.82, 2.24) is 15.1 Å². The molecule has 0 amide bonds. The summed E-state index contributed by atoms with van der Waals surface area (Å²) in [6.07, 6.45) is 2.49. The van der Waals surface area contributed by atoms with Crippen molar-refractivity contribution in [2.75, 3.05) is 52.5 Å². The number of morpholine rings is 1. The van der Waals surface area contributed by atoms with E-state index in [1.54, 1.807) is 0 Å². The number of hydrogen-bond donors (Lipinski definition) is 1. The first-order chi connectivity index (χ1) is 14.1. The maximum absolute atomic E-state index is 5.49. The van der Waals surface area contributed by atoms with Gasteiger partial charge in [-0.25, -0.2) is 0 Å². The van der Waals surface area contributed by atoms with Crippen molar-refractivity contribution in [1.29, 1.82) is 0 Å². The van der Waals surface area contributed by atoms with Gasteiger partial charge in [0.25, 0.3) is 0 Å². The number of likely N-dealkylation sites (tertiary alicyclic amines) is 1. The first-order valence-corrected chi connectivity index (χ1v) is 11.6. The van der Waals surface area contributed by atoms with E-state index in [0.29, 0.717) is 17.9 Å². The highest BCUT2D eigenvalue weighted by molar-refractivity contribution is 14.0. The molecule has 3 aliphatic rings. The Kier molecular flexibility index (Phi) is 8.83. The van der Waals surface area contributed by atoms with E-state index in [9.17, 15) is 0 Å². The van der Waals surface area contributed by atoms with Gasteiger partial charge in [0.05, 0.1) is 13.2 Å². The SMILES string of the molecule is CCN=C(NC1CC1c1ccc(C(C)C)cc1)N1CCC(CN2CCOCC2)C1.I. The third-order valence-electron chi connectivity index (χ3n) is 6.65. The molecule has 2 saturated heterocycles. The maximum Gasteiger partial charge on any atom is 0.194 e. The van der Waals surface area contributed by atoms with Crippen LogP contribution in [0.5, 0.6) is 0 Å². The molecule has 0 radical (unpaired) electrons. The third-order valence-corrected chi connectivity index (χ3v) is 6.65. The maximum atomic E-state index is 5.49. The molecule has 30 heavy (non-hydrogen) atoms. The predicted molar refractivity (Wildman–Crippen MR) is 135 cm³/mol. The normalized spacial score (nSPS) is 27.3. The van der Waals surface area contributed by atoms with Gasteiger partial charge in [-0.1, -0.05) is 38.1 Å². The largest absolute Gasteiger partial charge is 0.379 e. The highest BCUT2D eigenvalue weighted by atomic mass is 127. The molecule has 1 aromatic carbocycles. The number of nitrogens with zero attached hydrogens (tertiary/aromatic N) is 3. The highest BCUT2D eigenvalue weighted by Gasteiger charge is 2.40. The van der Waals surface area contributed by atoms with Crippen molar-refractivity contribution in [2.24, 2.45) is 10.9 Å². The smallest absolute Gasteiger partial charge is 0.194 e. The number of halogens is 1. The molecule has 3 atom stereocenters. The van der Waals surface area contributed by atoms with Gasteiger partial charge in [-0.05, 0) is 42.7 Å². The standard InChI is InChI=1S/C24H38N4O.HI/c1-4-25-24(28-10-9-19(17-28)16-27-11-13-29-14-12-27)26-23-15-22(23)21-7-5-20(6-8-21)18(2)3;/h5-8,18-19,22-23H,4,9-17H2,1-3H3,(H,25,26);1H. The molecule has 6 heteroatoms. The summed E-state index contributed by atoms with van der Waals surface area (Å²) in [5.41, 5.74) is 2.89. The molecule has 1 aliphatic carbocycles. The molecular formula is C24H39IN4O. The minimum Gasteiger partial charge on any atom is -0.379 e. The molecule has 0 aromatic heterocycles. The average Bonchev–Trinajstić information content (AvgIpc) is 3.35. The molecule has 4 rings (SSSR count). The van der Waals surface area contributed by atoms with E-state index in [4.69, 9.17) is 9.73 Å². The second-order valence-corrected chi connectivity index (χ2v) is 9.23. The molecule has 0 spiro atoms. The van der Waals surface area contributed by atoms with Gasteiger partial charge in [0.1, 0.15) is 0 Å². The van der Waals surface area contributed by atoms with Crippen LogP contribution in [-0.2, 0) is 4.74 Å². The molecule has 1 aromatic rings. The minimum absolute atomic E-state index is 0. The monoisotopic (exact) mass is 526 g/mol. The Labute approximate surface area is 199 Å². The zero-order valence-electron chi connectivity index (χ0n) is 18.8. The van der Waals surface area contributed by atoms with Crippen LogP contribution in [0.3, 0.4) is 0 Å². The van der Waals surface area contributed by atoms with Crippen molar-refractivity contribution in [3.63, 3.8) is 0 Å². The van der Waals surface area contributed by atoms with E-state index >= 15 is 0 Å². The Hall–Kier alpha value is -0.860. The number of ether oxygens (including phenoxy) is 1. The summed E-state index contributed by atoms with van der Waals surface area (Å²) in [7, 11) is 0. The van der Waals surface area contributed by atoms with Gasteiger partial charge in [-0.2, -0.15) is 0 Å². The van der Waals surface area contributed by atoms with Crippen molar-refractivity contribution < 1.29 is 4.74 Å². The first-order valence-electron chi connectivity index (χ1n) is 11.6. The Morgan fingerprint density at radius 1 is 1.17 bits per heavy atom. The van der Waals surface area contributed by atoms with Crippen LogP contribution in [0, 0.1) is 5.92 Å². The summed E-state index contributed by atoms with van der Waals surface area (Å²) in [5.74, 6) is 3.10. The van der Waals surface area contributed by atoms with Crippen molar-refractivity contribution >= 4 is 29.9 Å². The van der Waals surface area contributed by atoms with Gasteiger partial charge >= 0.3 is 0 Å². The molecule has 5 nitrogen and oxygen atoms in total. The van der Waals surface area contributed by atoms with E-state index in [-0.39, 0.29) is 24.0 Å². The number of hydrogen-bond acceptors (Lipinski definition) is 3. The number of rotatable bonds is 6. The number of aliphatic imine (C=N–C) groups is 1. The van der Waals surface area contributed by atoms with E-state index in [2.05, 4.69) is 60.2 Å². The second kappa shape index (κ2) is 11.1. The Balaban J connectivity index is 0.00000256. The van der Waals surface area contributed by atoms with Gasteiger partial charge < -0.3 is 15.0 Å². The molecular weight excluding hydrogens is 487 g/mol.